The fourth-order valence-corrected chi connectivity index (χ4v) is 0.410. The van der Waals surface area contributed by atoms with Crippen LogP contribution in [0, 0.1) is 0 Å². The Morgan fingerprint density at radius 2 is 1.83 bits per heavy atom. The van der Waals surface area contributed by atoms with Gasteiger partial charge in [-0.2, -0.15) is 0 Å². The van der Waals surface area contributed by atoms with Gasteiger partial charge >= 0.3 is 12.1 Å². The number of hydrogen-bond acceptors (Lipinski definition) is 3. The van der Waals surface area contributed by atoms with Gasteiger partial charge < -0.3 is 10.2 Å². The first-order chi connectivity index (χ1) is 5.07. The first kappa shape index (κ1) is 13.3. The van der Waals surface area contributed by atoms with E-state index in [1.165, 1.54) is 0 Å². The molecular formula is C5H8ClNO5. The van der Waals surface area contributed by atoms with Crippen LogP contribution in [0.25, 0.3) is 0 Å². The molecule has 0 radical (unpaired) electrons. The number of carbonyl (C=O) groups excluding carboxylic acids is 1. The number of carbonyl (C=O) groups is 3. The van der Waals surface area contributed by atoms with E-state index in [9.17, 15) is 14.4 Å². The van der Waals surface area contributed by atoms with E-state index >= 15 is 0 Å². The standard InChI is InChI=1S/C5H7NO5.ClH/c7-3-6(5(10)11)2-1-4(8)9;/h3H,1-2H2,(H,8,9)(H,10,11);1H. The highest BCUT2D eigenvalue weighted by molar-refractivity contribution is 5.85. The maximum atomic E-state index is 10.0. The predicted molar refractivity (Wildman–Crippen MR) is 40.3 cm³/mol. The van der Waals surface area contributed by atoms with E-state index in [4.69, 9.17) is 10.2 Å². The number of rotatable bonds is 4. The molecule has 0 heterocycles. The molecule has 0 rings (SSSR count). The number of carboxylic acids is 1. The van der Waals surface area contributed by atoms with E-state index in [1.807, 2.05) is 0 Å². The molecule has 0 aliphatic rings. The van der Waals surface area contributed by atoms with Crippen LogP contribution in [0.2, 0.25) is 0 Å². The van der Waals surface area contributed by atoms with Crippen LogP contribution in [0.4, 0.5) is 4.79 Å². The Kier molecular flexibility index (Phi) is 7.11. The highest BCUT2D eigenvalue weighted by Crippen LogP contribution is 1.88. The number of halogens is 1. The molecule has 0 aromatic carbocycles. The summed E-state index contributed by atoms with van der Waals surface area (Å²) in [6.07, 6.45) is -1.74. The summed E-state index contributed by atoms with van der Waals surface area (Å²) in [6, 6.07) is 0. The predicted octanol–water partition coefficient (Wildman–Crippen LogP) is 0.0193. The molecule has 0 bridgehead atoms. The maximum absolute atomic E-state index is 10.0. The fraction of sp³-hybridized carbons (Fsp3) is 0.400. The number of imide groups is 1. The summed E-state index contributed by atoms with van der Waals surface area (Å²) in [5.41, 5.74) is 0. The second kappa shape index (κ2) is 6.41. The van der Waals surface area contributed by atoms with Crippen molar-refractivity contribution >= 4 is 30.9 Å². The first-order valence-corrected chi connectivity index (χ1v) is 2.74. The van der Waals surface area contributed by atoms with Gasteiger partial charge in [0.15, 0.2) is 0 Å². The van der Waals surface area contributed by atoms with Crippen LogP contribution in [0.3, 0.4) is 0 Å². The van der Waals surface area contributed by atoms with Crippen LogP contribution in [0.5, 0.6) is 0 Å². The Morgan fingerprint density at radius 1 is 1.33 bits per heavy atom. The minimum atomic E-state index is -1.44. The lowest BCUT2D eigenvalue weighted by molar-refractivity contribution is -0.137. The number of aliphatic carboxylic acids is 1. The zero-order valence-electron chi connectivity index (χ0n) is 5.97. The number of amides is 2. The minimum absolute atomic E-state index is 0. The van der Waals surface area contributed by atoms with Crippen LogP contribution in [-0.2, 0) is 9.59 Å². The van der Waals surface area contributed by atoms with Gasteiger partial charge in [0.25, 0.3) is 0 Å². The van der Waals surface area contributed by atoms with Gasteiger partial charge in [0.05, 0.1) is 6.42 Å². The Hall–Kier alpha value is -1.30. The van der Waals surface area contributed by atoms with Gasteiger partial charge in [-0.05, 0) is 0 Å². The first-order valence-electron chi connectivity index (χ1n) is 2.74. The smallest absolute Gasteiger partial charge is 0.413 e. The van der Waals surface area contributed by atoms with E-state index < -0.39 is 12.1 Å². The molecule has 0 aliphatic carbocycles. The SMILES string of the molecule is Cl.O=CN(CCC(=O)O)C(=O)O. The molecule has 0 fully saturated rings. The highest BCUT2D eigenvalue weighted by atomic mass is 35.5. The van der Waals surface area contributed by atoms with E-state index in [-0.39, 0.29) is 31.8 Å². The fourth-order valence-electron chi connectivity index (χ4n) is 0.410. The Balaban J connectivity index is 0. The van der Waals surface area contributed by atoms with Crippen molar-refractivity contribution in [2.24, 2.45) is 0 Å². The lowest BCUT2D eigenvalue weighted by Gasteiger charge is -2.07. The second-order valence-corrected chi connectivity index (χ2v) is 1.73. The molecule has 0 atom stereocenters. The average molecular weight is 198 g/mol. The van der Waals surface area contributed by atoms with Crippen LogP contribution in [0.15, 0.2) is 0 Å². The summed E-state index contributed by atoms with van der Waals surface area (Å²) in [5, 5.41) is 16.3. The molecule has 0 spiro atoms. The monoisotopic (exact) mass is 197 g/mol. The Bertz CT molecular complexity index is 183. The van der Waals surface area contributed by atoms with E-state index in [2.05, 4.69) is 0 Å². The van der Waals surface area contributed by atoms with Gasteiger partial charge in [-0.1, -0.05) is 0 Å². The minimum Gasteiger partial charge on any atom is -0.481 e. The Morgan fingerprint density at radius 3 is 2.08 bits per heavy atom. The van der Waals surface area contributed by atoms with Crippen molar-refractivity contribution in [3.8, 4) is 0 Å². The number of nitrogens with zero attached hydrogens (tertiary/aromatic N) is 1. The molecule has 0 saturated heterocycles. The van der Waals surface area contributed by atoms with Crippen LogP contribution >= 0.6 is 12.4 Å². The van der Waals surface area contributed by atoms with Crippen molar-refractivity contribution in [2.75, 3.05) is 6.54 Å². The molecule has 0 aliphatic heterocycles. The van der Waals surface area contributed by atoms with Crippen molar-refractivity contribution in [3.05, 3.63) is 0 Å². The largest absolute Gasteiger partial charge is 0.481 e. The Labute approximate surface area is 74.2 Å². The van der Waals surface area contributed by atoms with E-state index in [1.54, 1.807) is 0 Å². The summed E-state index contributed by atoms with van der Waals surface area (Å²) < 4.78 is 0. The second-order valence-electron chi connectivity index (χ2n) is 1.73. The summed E-state index contributed by atoms with van der Waals surface area (Å²) in [5.74, 6) is -1.14. The zero-order valence-corrected chi connectivity index (χ0v) is 6.78. The highest BCUT2D eigenvalue weighted by Gasteiger charge is 2.10. The van der Waals surface area contributed by atoms with Crippen molar-refractivity contribution in [3.63, 3.8) is 0 Å². The molecule has 0 unspecified atom stereocenters. The van der Waals surface area contributed by atoms with Crippen molar-refractivity contribution in [2.45, 2.75) is 6.42 Å². The van der Waals surface area contributed by atoms with Crippen molar-refractivity contribution in [1.82, 2.24) is 4.90 Å². The van der Waals surface area contributed by atoms with Gasteiger partial charge in [0, 0.05) is 6.54 Å². The molecule has 0 saturated carbocycles. The average Bonchev–Trinajstić information content (AvgIpc) is 1.87. The molecule has 2 amide bonds. The molecule has 0 aromatic rings. The zero-order chi connectivity index (χ0) is 8.85. The van der Waals surface area contributed by atoms with Gasteiger partial charge in [-0.3, -0.25) is 9.59 Å². The molecule has 2 N–H and O–H groups in total. The summed E-state index contributed by atoms with van der Waals surface area (Å²) in [6.45, 7) is -0.311. The maximum Gasteiger partial charge on any atom is 0.413 e. The summed E-state index contributed by atoms with van der Waals surface area (Å²) in [4.78, 5) is 30.2. The molecule has 70 valence electrons. The third-order valence-electron chi connectivity index (χ3n) is 0.940. The van der Waals surface area contributed by atoms with E-state index in [0.717, 1.165) is 0 Å². The number of carboxylic acid groups (broad SMARTS) is 2. The molecule has 7 heteroatoms. The number of hydrogen-bond donors (Lipinski definition) is 2. The molecule has 12 heavy (non-hydrogen) atoms. The van der Waals surface area contributed by atoms with Gasteiger partial charge in [0.1, 0.15) is 0 Å². The quantitative estimate of drug-likeness (QED) is 0.620. The van der Waals surface area contributed by atoms with Crippen LogP contribution in [-0.4, -0.2) is 40.1 Å². The molecule has 0 aromatic heterocycles. The summed E-state index contributed by atoms with van der Waals surface area (Å²) in [7, 11) is 0. The van der Waals surface area contributed by atoms with Gasteiger partial charge in [-0.25, -0.2) is 9.69 Å². The van der Waals surface area contributed by atoms with Gasteiger partial charge in [-0.15, -0.1) is 12.4 Å². The van der Waals surface area contributed by atoms with Crippen molar-refractivity contribution in [1.29, 1.82) is 0 Å². The molecule has 6 nitrogen and oxygen atoms in total. The lowest BCUT2D eigenvalue weighted by atomic mass is 10.4. The third kappa shape index (κ3) is 5.48. The third-order valence-corrected chi connectivity index (χ3v) is 0.940. The normalized spacial score (nSPS) is 8.00. The van der Waals surface area contributed by atoms with E-state index in [0.29, 0.717) is 4.90 Å². The lowest BCUT2D eigenvalue weighted by Crippen LogP contribution is -2.30. The molecular weight excluding hydrogens is 190 g/mol. The summed E-state index contributed by atoms with van der Waals surface area (Å²) >= 11 is 0. The topological polar surface area (TPSA) is 94.9 Å². The van der Waals surface area contributed by atoms with Crippen LogP contribution in [0.1, 0.15) is 6.42 Å². The van der Waals surface area contributed by atoms with Gasteiger partial charge in [0.2, 0.25) is 6.41 Å². The van der Waals surface area contributed by atoms with Crippen LogP contribution < -0.4 is 0 Å². The van der Waals surface area contributed by atoms with Crippen molar-refractivity contribution < 1.29 is 24.6 Å².